The highest BCUT2D eigenvalue weighted by atomic mass is 32.2. The summed E-state index contributed by atoms with van der Waals surface area (Å²) >= 11 is 0. The van der Waals surface area contributed by atoms with Gasteiger partial charge >= 0.3 is 0 Å². The summed E-state index contributed by atoms with van der Waals surface area (Å²) in [6.07, 6.45) is 3.12. The van der Waals surface area contributed by atoms with Crippen molar-refractivity contribution in [2.45, 2.75) is 46.3 Å². The molecule has 28 heavy (non-hydrogen) atoms. The smallest absolute Gasteiger partial charge is 0.211 e. The van der Waals surface area contributed by atoms with E-state index in [1.54, 1.807) is 11.4 Å². The molecule has 158 valence electrons. The number of hydrogen-bond acceptors (Lipinski definition) is 4. The molecule has 8 heteroatoms. The van der Waals surface area contributed by atoms with E-state index in [2.05, 4.69) is 40.7 Å². The fourth-order valence-corrected chi connectivity index (χ4v) is 4.13. The van der Waals surface area contributed by atoms with Crippen LogP contribution in [0.25, 0.3) is 0 Å². The number of ether oxygens (including phenoxy) is 1. The molecule has 0 aliphatic carbocycles. The molecule has 1 aromatic carbocycles. The summed E-state index contributed by atoms with van der Waals surface area (Å²) in [5, 5.41) is 6.71. The zero-order valence-corrected chi connectivity index (χ0v) is 18.5. The van der Waals surface area contributed by atoms with E-state index in [1.165, 1.54) is 11.8 Å². The van der Waals surface area contributed by atoms with Crippen LogP contribution < -0.4 is 15.4 Å². The van der Waals surface area contributed by atoms with Gasteiger partial charge in [-0.25, -0.2) is 12.7 Å². The lowest BCUT2D eigenvalue weighted by atomic mass is 9.98. The van der Waals surface area contributed by atoms with Crippen LogP contribution in [0, 0.1) is 12.8 Å². The number of aliphatic imine (C=N–C) groups is 1. The van der Waals surface area contributed by atoms with Crippen molar-refractivity contribution in [3.63, 3.8) is 0 Å². The van der Waals surface area contributed by atoms with Gasteiger partial charge in [-0.15, -0.1) is 0 Å². The third-order valence-corrected chi connectivity index (χ3v) is 6.16. The van der Waals surface area contributed by atoms with Crippen LogP contribution in [0.5, 0.6) is 5.75 Å². The molecule has 1 aliphatic heterocycles. The van der Waals surface area contributed by atoms with E-state index in [-0.39, 0.29) is 6.10 Å². The summed E-state index contributed by atoms with van der Waals surface area (Å²) in [5.41, 5.74) is 2.26. The first-order chi connectivity index (χ1) is 13.2. The van der Waals surface area contributed by atoms with E-state index < -0.39 is 10.0 Å². The van der Waals surface area contributed by atoms with Crippen molar-refractivity contribution in [2.75, 3.05) is 32.9 Å². The number of aryl methyl sites for hydroxylation is 1. The standard InChI is InChI=1S/C20H34N4O3S/c1-15(2)27-19-12-16(3)6-7-18(19)14-23-20(21-4)22-13-17-8-10-24(11-9-17)28(5,25)26/h6-7,12,15,17H,8-11,13-14H2,1-5H3,(H2,21,22,23). The molecule has 0 saturated carbocycles. The average molecular weight is 411 g/mol. The maximum absolute atomic E-state index is 11.6. The maximum atomic E-state index is 11.6. The minimum atomic E-state index is -3.08. The van der Waals surface area contributed by atoms with Crippen molar-refractivity contribution in [1.82, 2.24) is 14.9 Å². The Morgan fingerprint density at radius 3 is 2.54 bits per heavy atom. The van der Waals surface area contributed by atoms with Gasteiger partial charge in [-0.3, -0.25) is 4.99 Å². The van der Waals surface area contributed by atoms with Crippen molar-refractivity contribution in [3.8, 4) is 5.75 Å². The second kappa shape index (κ2) is 10.1. The minimum absolute atomic E-state index is 0.121. The number of nitrogens with one attached hydrogen (secondary N) is 2. The van der Waals surface area contributed by atoms with Gasteiger partial charge in [-0.05, 0) is 51.2 Å². The molecule has 1 aliphatic rings. The summed E-state index contributed by atoms with van der Waals surface area (Å²) in [6, 6.07) is 6.22. The lowest BCUT2D eigenvalue weighted by molar-refractivity contribution is 0.239. The van der Waals surface area contributed by atoms with Crippen LogP contribution in [-0.2, 0) is 16.6 Å². The summed E-state index contributed by atoms with van der Waals surface area (Å²) in [5.74, 6) is 2.07. The molecule has 0 amide bonds. The van der Waals surface area contributed by atoms with E-state index in [4.69, 9.17) is 4.74 Å². The minimum Gasteiger partial charge on any atom is -0.491 e. The largest absolute Gasteiger partial charge is 0.491 e. The van der Waals surface area contributed by atoms with Crippen molar-refractivity contribution in [1.29, 1.82) is 0 Å². The molecular weight excluding hydrogens is 376 g/mol. The molecule has 0 radical (unpaired) electrons. The Balaban J connectivity index is 1.84. The molecule has 7 nitrogen and oxygen atoms in total. The van der Waals surface area contributed by atoms with E-state index in [1.807, 2.05) is 13.8 Å². The van der Waals surface area contributed by atoms with Gasteiger partial charge in [-0.1, -0.05) is 12.1 Å². The summed E-state index contributed by atoms with van der Waals surface area (Å²) in [7, 11) is -1.32. The van der Waals surface area contributed by atoms with E-state index >= 15 is 0 Å². The number of piperidine rings is 1. The van der Waals surface area contributed by atoms with Gasteiger partial charge in [-0.2, -0.15) is 0 Å². The van der Waals surface area contributed by atoms with Crippen LogP contribution >= 0.6 is 0 Å². The van der Waals surface area contributed by atoms with Crippen LogP contribution in [0.15, 0.2) is 23.2 Å². The fourth-order valence-electron chi connectivity index (χ4n) is 3.26. The topological polar surface area (TPSA) is 83.0 Å². The molecular formula is C20H34N4O3S. The normalized spacial score (nSPS) is 17.0. The van der Waals surface area contributed by atoms with E-state index in [0.717, 1.165) is 36.7 Å². The zero-order valence-electron chi connectivity index (χ0n) is 17.7. The van der Waals surface area contributed by atoms with Crippen LogP contribution in [0.2, 0.25) is 0 Å². The van der Waals surface area contributed by atoms with Crippen molar-refractivity contribution in [2.24, 2.45) is 10.9 Å². The van der Waals surface area contributed by atoms with E-state index in [0.29, 0.717) is 25.6 Å². The Morgan fingerprint density at radius 2 is 1.96 bits per heavy atom. The van der Waals surface area contributed by atoms with Crippen LogP contribution in [0.3, 0.4) is 0 Å². The predicted octanol–water partition coefficient (Wildman–Crippen LogP) is 2.12. The Bertz CT molecular complexity index is 770. The number of sulfonamides is 1. The van der Waals surface area contributed by atoms with Crippen LogP contribution in [0.4, 0.5) is 0 Å². The maximum Gasteiger partial charge on any atom is 0.211 e. The van der Waals surface area contributed by atoms with Gasteiger partial charge in [0.05, 0.1) is 12.4 Å². The molecule has 1 saturated heterocycles. The second-order valence-electron chi connectivity index (χ2n) is 7.69. The molecule has 2 rings (SSSR count). The van der Waals surface area contributed by atoms with Crippen molar-refractivity contribution >= 4 is 16.0 Å². The van der Waals surface area contributed by atoms with Crippen molar-refractivity contribution < 1.29 is 13.2 Å². The van der Waals surface area contributed by atoms with Crippen molar-refractivity contribution in [3.05, 3.63) is 29.3 Å². The average Bonchev–Trinajstić information content (AvgIpc) is 2.62. The zero-order chi connectivity index (χ0) is 20.7. The molecule has 0 atom stereocenters. The highest BCUT2D eigenvalue weighted by molar-refractivity contribution is 7.88. The Kier molecular flexibility index (Phi) is 8.12. The Morgan fingerprint density at radius 1 is 1.29 bits per heavy atom. The molecule has 1 heterocycles. The number of nitrogens with zero attached hydrogens (tertiary/aromatic N) is 2. The Labute approximate surface area is 169 Å². The summed E-state index contributed by atoms with van der Waals surface area (Å²) < 4.78 is 30.7. The fraction of sp³-hybridized carbons (Fsp3) is 0.650. The molecule has 0 unspecified atom stereocenters. The van der Waals surface area contributed by atoms with Gasteiger partial charge in [0.25, 0.3) is 0 Å². The molecule has 0 spiro atoms. The number of benzene rings is 1. The van der Waals surface area contributed by atoms with Gasteiger partial charge < -0.3 is 15.4 Å². The molecule has 0 bridgehead atoms. The van der Waals surface area contributed by atoms with Gasteiger partial charge in [0.1, 0.15) is 5.75 Å². The lowest BCUT2D eigenvalue weighted by Gasteiger charge is -2.30. The molecule has 0 aromatic heterocycles. The first-order valence-corrected chi connectivity index (χ1v) is 11.7. The van der Waals surface area contributed by atoms with Gasteiger partial charge in [0.2, 0.25) is 10.0 Å². The van der Waals surface area contributed by atoms with E-state index in [9.17, 15) is 8.42 Å². The number of hydrogen-bond donors (Lipinski definition) is 2. The summed E-state index contributed by atoms with van der Waals surface area (Å²) in [4.78, 5) is 4.30. The molecule has 1 aromatic rings. The van der Waals surface area contributed by atoms with Gasteiger partial charge in [0.15, 0.2) is 5.96 Å². The lowest BCUT2D eigenvalue weighted by Crippen LogP contribution is -2.43. The first kappa shape index (κ1) is 22.5. The highest BCUT2D eigenvalue weighted by Crippen LogP contribution is 2.22. The van der Waals surface area contributed by atoms with Gasteiger partial charge in [0, 0.05) is 38.8 Å². The SMILES string of the molecule is CN=C(NCc1ccc(C)cc1OC(C)C)NCC1CCN(S(C)(=O)=O)CC1. The molecule has 1 fully saturated rings. The van der Waals surface area contributed by atoms with Crippen LogP contribution in [0.1, 0.15) is 37.8 Å². The number of guanidine groups is 1. The van der Waals surface area contributed by atoms with Crippen LogP contribution in [-0.4, -0.2) is 57.7 Å². The second-order valence-corrected chi connectivity index (χ2v) is 9.67. The first-order valence-electron chi connectivity index (χ1n) is 9.85. The third-order valence-electron chi connectivity index (χ3n) is 4.86. The molecule has 2 N–H and O–H groups in total. The third kappa shape index (κ3) is 6.98. The Hall–Kier alpha value is -1.80. The quantitative estimate of drug-likeness (QED) is 0.531. The highest BCUT2D eigenvalue weighted by Gasteiger charge is 2.24. The number of rotatable bonds is 7. The summed E-state index contributed by atoms with van der Waals surface area (Å²) in [6.45, 7) is 8.69. The predicted molar refractivity (Wildman–Crippen MR) is 114 cm³/mol. The monoisotopic (exact) mass is 410 g/mol.